The monoisotopic (exact) mass is 494 g/mol. The third kappa shape index (κ3) is 3.33. The van der Waals surface area contributed by atoms with Crippen molar-refractivity contribution in [2.24, 2.45) is 28.6 Å². The Balaban J connectivity index is 1.53. The number of aliphatic hydroxyl groups is 1. The summed E-state index contributed by atoms with van der Waals surface area (Å²) in [6.07, 6.45) is 7.61. The SMILES string of the molecule is CCCC1O[C@@H]2C[C@H]3[C@@H]4CCC5=CC(=O)C=C[C@]5(C)[C@H]4[C@@H](O)C[C@]3(C)[C@]2(C(=O)CO[PH](=O)O)O1. The molecule has 1 aliphatic heterocycles. The van der Waals surface area contributed by atoms with Crippen molar-refractivity contribution >= 4 is 19.8 Å². The lowest BCUT2D eigenvalue weighted by Gasteiger charge is -2.59. The molecule has 5 rings (SSSR count). The molecule has 0 spiro atoms. The molecule has 0 amide bonds. The van der Waals surface area contributed by atoms with E-state index in [2.05, 4.69) is 6.92 Å². The van der Waals surface area contributed by atoms with Crippen molar-refractivity contribution in [3.8, 4) is 0 Å². The first kappa shape index (κ1) is 24.5. The van der Waals surface area contributed by atoms with Crippen molar-refractivity contribution in [1.29, 1.82) is 0 Å². The number of Topliss-reactive ketones (excluding diaryl/α,β-unsaturated/α-hetero) is 1. The minimum atomic E-state index is -3.27. The molecule has 0 aromatic carbocycles. The molecule has 3 saturated carbocycles. The number of fused-ring (bicyclic) bond motifs is 7. The highest BCUT2D eigenvalue weighted by atomic mass is 31.1. The van der Waals surface area contributed by atoms with Gasteiger partial charge in [-0.15, -0.1) is 0 Å². The minimum absolute atomic E-state index is 0.00654. The van der Waals surface area contributed by atoms with Crippen LogP contribution in [-0.2, 0) is 28.2 Å². The van der Waals surface area contributed by atoms with Gasteiger partial charge >= 0.3 is 8.25 Å². The average molecular weight is 495 g/mol. The van der Waals surface area contributed by atoms with Gasteiger partial charge in [-0.3, -0.25) is 14.2 Å². The Kier molecular flexibility index (Phi) is 6.11. The first-order valence-electron chi connectivity index (χ1n) is 12.4. The van der Waals surface area contributed by atoms with Gasteiger partial charge in [0.25, 0.3) is 0 Å². The van der Waals surface area contributed by atoms with E-state index in [1.165, 1.54) is 0 Å². The van der Waals surface area contributed by atoms with Crippen molar-refractivity contribution in [3.63, 3.8) is 0 Å². The summed E-state index contributed by atoms with van der Waals surface area (Å²) in [5.41, 5.74) is -1.36. The Labute approximate surface area is 200 Å². The van der Waals surface area contributed by atoms with Crippen LogP contribution in [0.3, 0.4) is 0 Å². The Hall–Kier alpha value is -1.15. The van der Waals surface area contributed by atoms with E-state index in [9.17, 15) is 24.2 Å². The molecule has 5 aliphatic rings. The molecule has 0 bridgehead atoms. The molecule has 0 radical (unpaired) electrons. The van der Waals surface area contributed by atoms with Gasteiger partial charge in [0.2, 0.25) is 0 Å². The number of ketones is 2. The number of allylic oxidation sites excluding steroid dienone is 4. The van der Waals surface area contributed by atoms with E-state index < -0.39 is 49.8 Å². The number of carbonyl (C=O) groups excluding carboxylic acids is 2. The number of carbonyl (C=O) groups is 2. The second kappa shape index (κ2) is 8.46. The minimum Gasteiger partial charge on any atom is -0.393 e. The van der Waals surface area contributed by atoms with Crippen molar-refractivity contribution in [2.45, 2.75) is 83.4 Å². The third-order valence-corrected chi connectivity index (χ3v) is 9.95. The molecule has 34 heavy (non-hydrogen) atoms. The van der Waals surface area contributed by atoms with E-state index in [0.29, 0.717) is 19.3 Å². The van der Waals surface area contributed by atoms with E-state index in [4.69, 9.17) is 14.0 Å². The lowest BCUT2D eigenvalue weighted by atomic mass is 9.46. The molecule has 1 heterocycles. The average Bonchev–Trinajstić information content (AvgIpc) is 3.25. The van der Waals surface area contributed by atoms with Gasteiger partial charge in [-0.2, -0.15) is 0 Å². The molecule has 2 unspecified atom stereocenters. The first-order valence-corrected chi connectivity index (χ1v) is 13.7. The number of ether oxygens (including phenoxy) is 2. The number of aliphatic hydroxyl groups excluding tert-OH is 1. The first-order chi connectivity index (χ1) is 16.1. The fourth-order valence-corrected chi connectivity index (χ4v) is 8.49. The van der Waals surface area contributed by atoms with Gasteiger partial charge in [0, 0.05) is 16.7 Å². The second-order valence-corrected chi connectivity index (χ2v) is 11.9. The molecular formula is C25H35O8P. The largest absolute Gasteiger partial charge is 0.393 e. The van der Waals surface area contributed by atoms with Gasteiger partial charge in [-0.25, -0.2) is 0 Å². The highest BCUT2D eigenvalue weighted by Crippen LogP contribution is 2.69. The zero-order valence-corrected chi connectivity index (χ0v) is 21.0. The summed E-state index contributed by atoms with van der Waals surface area (Å²) < 4.78 is 28.8. The Morgan fingerprint density at radius 1 is 1.35 bits per heavy atom. The fraction of sp³-hybridized carbons (Fsp3) is 0.760. The van der Waals surface area contributed by atoms with Crippen LogP contribution in [0.5, 0.6) is 0 Å². The van der Waals surface area contributed by atoms with Crippen LogP contribution in [0.2, 0.25) is 0 Å². The summed E-state index contributed by atoms with van der Waals surface area (Å²) in [4.78, 5) is 34.9. The maximum Gasteiger partial charge on any atom is 0.317 e. The van der Waals surface area contributed by atoms with Crippen molar-refractivity contribution in [1.82, 2.24) is 0 Å². The molecule has 4 fully saturated rings. The molecule has 8 nitrogen and oxygen atoms in total. The summed E-state index contributed by atoms with van der Waals surface area (Å²) >= 11 is 0. The maximum absolute atomic E-state index is 13.7. The summed E-state index contributed by atoms with van der Waals surface area (Å²) in [5, 5.41) is 11.6. The highest BCUT2D eigenvalue weighted by Gasteiger charge is 2.75. The molecule has 4 aliphatic carbocycles. The third-order valence-electron chi connectivity index (χ3n) is 9.55. The van der Waals surface area contributed by atoms with Crippen LogP contribution in [0.15, 0.2) is 23.8 Å². The Morgan fingerprint density at radius 2 is 2.12 bits per heavy atom. The van der Waals surface area contributed by atoms with Crippen LogP contribution in [0, 0.1) is 28.6 Å². The Morgan fingerprint density at radius 3 is 2.82 bits per heavy atom. The second-order valence-electron chi connectivity index (χ2n) is 11.1. The van der Waals surface area contributed by atoms with Crippen LogP contribution in [0.4, 0.5) is 0 Å². The lowest BCUT2D eigenvalue weighted by molar-refractivity contribution is -0.200. The normalized spacial score (nSPS) is 47.9. The molecule has 0 aromatic rings. The Bertz CT molecular complexity index is 976. The van der Waals surface area contributed by atoms with Crippen LogP contribution in [0.1, 0.15) is 59.3 Å². The van der Waals surface area contributed by atoms with Crippen molar-refractivity contribution in [2.75, 3.05) is 6.61 Å². The van der Waals surface area contributed by atoms with Gasteiger partial charge < -0.3 is 24.0 Å². The predicted molar refractivity (Wildman–Crippen MR) is 123 cm³/mol. The number of rotatable bonds is 6. The number of hydrogen-bond donors (Lipinski definition) is 2. The van der Waals surface area contributed by atoms with Gasteiger partial charge in [0.1, 0.15) is 6.61 Å². The molecule has 2 N–H and O–H groups in total. The highest BCUT2D eigenvalue weighted by molar-refractivity contribution is 7.32. The molecule has 10 atom stereocenters. The molecule has 9 heteroatoms. The van der Waals surface area contributed by atoms with Crippen LogP contribution < -0.4 is 0 Å². The number of hydrogen-bond acceptors (Lipinski definition) is 7. The van der Waals surface area contributed by atoms with E-state index in [0.717, 1.165) is 24.8 Å². The van der Waals surface area contributed by atoms with E-state index in [1.807, 2.05) is 19.9 Å². The van der Waals surface area contributed by atoms with E-state index in [1.54, 1.807) is 12.2 Å². The quantitative estimate of drug-likeness (QED) is 0.541. The lowest BCUT2D eigenvalue weighted by Crippen LogP contribution is -2.63. The van der Waals surface area contributed by atoms with Crippen LogP contribution >= 0.6 is 8.25 Å². The predicted octanol–water partition coefficient (Wildman–Crippen LogP) is 3.12. The van der Waals surface area contributed by atoms with Gasteiger partial charge in [-0.05, 0) is 56.1 Å². The standard InChI is InChI=1S/C25H35O8P/c1-4-5-21-32-20-11-17-16-7-6-14-10-15(26)8-9-23(14,2)22(16)18(27)12-24(17,3)25(20,33-21)19(28)13-31-34(29)30/h8-10,16-18,20-22,27,34H,4-7,11-13H2,1-3H3,(H,29,30)/t16-,17-,18-,20+,21?,22+,23-,24-,25+/m0/s1. The zero-order valence-electron chi connectivity index (χ0n) is 20.0. The van der Waals surface area contributed by atoms with Crippen LogP contribution in [-0.4, -0.2) is 52.3 Å². The maximum atomic E-state index is 13.7. The van der Waals surface area contributed by atoms with Gasteiger partial charge in [-0.1, -0.05) is 38.8 Å². The van der Waals surface area contributed by atoms with Crippen molar-refractivity contribution < 1.29 is 38.2 Å². The van der Waals surface area contributed by atoms with Gasteiger partial charge in [0.05, 0.1) is 12.2 Å². The smallest absolute Gasteiger partial charge is 0.317 e. The summed E-state index contributed by atoms with van der Waals surface area (Å²) in [6, 6.07) is 0. The summed E-state index contributed by atoms with van der Waals surface area (Å²) in [7, 11) is -3.27. The van der Waals surface area contributed by atoms with Gasteiger partial charge in [0.15, 0.2) is 23.5 Å². The van der Waals surface area contributed by atoms with Crippen LogP contribution in [0.25, 0.3) is 0 Å². The summed E-state index contributed by atoms with van der Waals surface area (Å²) in [6.45, 7) is 5.63. The molecular weight excluding hydrogens is 459 g/mol. The van der Waals surface area contributed by atoms with E-state index in [-0.39, 0.29) is 29.3 Å². The zero-order chi connectivity index (χ0) is 24.5. The summed E-state index contributed by atoms with van der Waals surface area (Å²) in [5.74, 6) is -0.276. The topological polar surface area (TPSA) is 119 Å². The molecule has 1 saturated heterocycles. The molecule has 0 aromatic heterocycles. The van der Waals surface area contributed by atoms with E-state index >= 15 is 0 Å². The fourth-order valence-electron chi connectivity index (χ4n) is 8.24. The molecule has 188 valence electrons. The van der Waals surface area contributed by atoms with Crippen molar-refractivity contribution in [3.05, 3.63) is 23.8 Å².